The van der Waals surface area contributed by atoms with Gasteiger partial charge in [-0.05, 0) is 40.5 Å². The SMILES string of the molecule is CC[C@H](C)[C@H](NC(=O)OCC1c2ccccc2-c2ccccc21)C(=O)NC(CC1CC1)C(=O)O. The van der Waals surface area contributed by atoms with E-state index in [0.717, 1.165) is 35.1 Å². The Bertz CT molecular complexity index is 1020. The number of benzene rings is 2. The van der Waals surface area contributed by atoms with E-state index in [1.807, 2.05) is 50.2 Å². The van der Waals surface area contributed by atoms with Crippen LogP contribution < -0.4 is 10.6 Å². The third-order valence-electron chi connectivity index (χ3n) is 6.99. The fourth-order valence-corrected chi connectivity index (χ4v) is 4.64. The van der Waals surface area contributed by atoms with Crippen LogP contribution in [0.3, 0.4) is 0 Å². The Morgan fingerprint density at radius 2 is 1.59 bits per heavy atom. The number of nitrogens with one attached hydrogen (secondary N) is 2. The number of carboxylic acid groups (broad SMARTS) is 1. The van der Waals surface area contributed by atoms with Crippen molar-refractivity contribution in [2.24, 2.45) is 11.8 Å². The first-order chi connectivity index (χ1) is 16.4. The van der Waals surface area contributed by atoms with Crippen molar-refractivity contribution in [1.82, 2.24) is 10.6 Å². The predicted octanol–water partition coefficient (Wildman–Crippen LogP) is 4.31. The van der Waals surface area contributed by atoms with E-state index in [0.29, 0.717) is 18.8 Å². The number of amides is 2. The van der Waals surface area contributed by atoms with Crippen LogP contribution in [0.15, 0.2) is 48.5 Å². The van der Waals surface area contributed by atoms with Crippen LogP contribution in [-0.2, 0) is 14.3 Å². The van der Waals surface area contributed by atoms with Crippen LogP contribution in [0.25, 0.3) is 11.1 Å². The highest BCUT2D eigenvalue weighted by Gasteiger charge is 2.34. The maximum atomic E-state index is 12.9. The number of hydrogen-bond donors (Lipinski definition) is 3. The Morgan fingerprint density at radius 3 is 2.12 bits per heavy atom. The summed E-state index contributed by atoms with van der Waals surface area (Å²) < 4.78 is 5.60. The van der Waals surface area contributed by atoms with E-state index < -0.39 is 30.1 Å². The number of hydrogen-bond acceptors (Lipinski definition) is 4. The molecule has 0 spiro atoms. The summed E-state index contributed by atoms with van der Waals surface area (Å²) in [6, 6.07) is 14.3. The first kappa shape index (κ1) is 23.8. The van der Waals surface area contributed by atoms with Gasteiger partial charge in [-0.25, -0.2) is 9.59 Å². The van der Waals surface area contributed by atoms with Crippen molar-refractivity contribution in [3.05, 3.63) is 59.7 Å². The maximum absolute atomic E-state index is 12.9. The average molecular weight is 465 g/mol. The van der Waals surface area contributed by atoms with Gasteiger partial charge in [0.2, 0.25) is 5.91 Å². The monoisotopic (exact) mass is 464 g/mol. The van der Waals surface area contributed by atoms with Gasteiger partial charge in [0.1, 0.15) is 18.7 Å². The zero-order valence-electron chi connectivity index (χ0n) is 19.6. The number of carbonyl (C=O) groups excluding carboxylic acids is 2. The van der Waals surface area contributed by atoms with Gasteiger partial charge >= 0.3 is 12.1 Å². The highest BCUT2D eigenvalue weighted by Crippen LogP contribution is 2.44. The van der Waals surface area contributed by atoms with Crippen LogP contribution in [0.5, 0.6) is 0 Å². The molecule has 3 N–H and O–H groups in total. The van der Waals surface area contributed by atoms with Gasteiger partial charge in [-0.3, -0.25) is 4.79 Å². The molecule has 2 aliphatic carbocycles. The highest BCUT2D eigenvalue weighted by atomic mass is 16.5. The molecule has 2 aliphatic rings. The summed E-state index contributed by atoms with van der Waals surface area (Å²) >= 11 is 0. The van der Waals surface area contributed by atoms with Crippen LogP contribution in [0.1, 0.15) is 56.6 Å². The fraction of sp³-hybridized carbons (Fsp3) is 0.444. The standard InChI is InChI=1S/C27H32N2O5/c1-3-16(2)24(25(30)28-23(26(31)32)14-17-12-13-17)29-27(33)34-15-22-20-10-6-4-8-18(20)19-9-5-7-11-21(19)22/h4-11,16-17,22-24H,3,12-15H2,1-2H3,(H,28,30)(H,29,33)(H,31,32)/t16-,23?,24-/m0/s1. The summed E-state index contributed by atoms with van der Waals surface area (Å²) in [5.74, 6) is -1.46. The number of fused-ring (bicyclic) bond motifs is 3. The normalized spacial score (nSPS) is 17.1. The molecule has 0 bridgehead atoms. The number of aliphatic carboxylic acids is 1. The van der Waals surface area contributed by atoms with Gasteiger partial charge in [0, 0.05) is 5.92 Å². The lowest BCUT2D eigenvalue weighted by atomic mass is 9.97. The Balaban J connectivity index is 1.40. The predicted molar refractivity (Wildman–Crippen MR) is 128 cm³/mol. The molecule has 1 saturated carbocycles. The van der Waals surface area contributed by atoms with Gasteiger partial charge in [-0.15, -0.1) is 0 Å². The number of rotatable bonds is 10. The molecular weight excluding hydrogens is 432 g/mol. The van der Waals surface area contributed by atoms with E-state index in [1.54, 1.807) is 0 Å². The van der Waals surface area contributed by atoms with Gasteiger partial charge < -0.3 is 20.5 Å². The van der Waals surface area contributed by atoms with Crippen LogP contribution in [-0.4, -0.2) is 41.8 Å². The molecule has 0 radical (unpaired) electrons. The number of carboxylic acids is 1. The van der Waals surface area contributed by atoms with E-state index in [2.05, 4.69) is 22.8 Å². The molecule has 0 aromatic heterocycles. The lowest BCUT2D eigenvalue weighted by Crippen LogP contribution is -2.54. The molecule has 2 aromatic rings. The van der Waals surface area contributed by atoms with Crippen molar-refractivity contribution in [2.45, 2.75) is 57.5 Å². The highest BCUT2D eigenvalue weighted by molar-refractivity contribution is 5.89. The van der Waals surface area contributed by atoms with Gasteiger partial charge in [0.05, 0.1) is 0 Å². The quantitative estimate of drug-likeness (QED) is 0.486. The van der Waals surface area contributed by atoms with Crippen molar-refractivity contribution >= 4 is 18.0 Å². The molecule has 0 saturated heterocycles. The van der Waals surface area contributed by atoms with E-state index in [4.69, 9.17) is 4.74 Å². The Morgan fingerprint density at radius 1 is 1.00 bits per heavy atom. The Kier molecular flexibility index (Phi) is 7.20. The van der Waals surface area contributed by atoms with E-state index >= 15 is 0 Å². The molecule has 180 valence electrons. The van der Waals surface area contributed by atoms with Gasteiger partial charge in [0.25, 0.3) is 0 Å². The van der Waals surface area contributed by atoms with Crippen molar-refractivity contribution in [3.8, 4) is 11.1 Å². The number of ether oxygens (including phenoxy) is 1. The number of carbonyl (C=O) groups is 3. The minimum Gasteiger partial charge on any atom is -0.480 e. The first-order valence-electron chi connectivity index (χ1n) is 12.0. The molecule has 7 nitrogen and oxygen atoms in total. The molecule has 0 aliphatic heterocycles. The molecule has 2 aromatic carbocycles. The summed E-state index contributed by atoms with van der Waals surface area (Å²) in [6.45, 7) is 3.92. The van der Waals surface area contributed by atoms with Gasteiger partial charge in [-0.2, -0.15) is 0 Å². The zero-order valence-corrected chi connectivity index (χ0v) is 19.6. The summed E-state index contributed by atoms with van der Waals surface area (Å²) in [5.41, 5.74) is 4.49. The molecule has 4 rings (SSSR count). The summed E-state index contributed by atoms with van der Waals surface area (Å²) in [4.78, 5) is 37.3. The second-order valence-corrected chi connectivity index (χ2v) is 9.41. The molecule has 1 fully saturated rings. The minimum atomic E-state index is -1.05. The van der Waals surface area contributed by atoms with E-state index in [1.165, 1.54) is 0 Å². The third-order valence-corrected chi connectivity index (χ3v) is 6.99. The second kappa shape index (κ2) is 10.3. The first-order valence-corrected chi connectivity index (χ1v) is 12.0. The van der Waals surface area contributed by atoms with Crippen LogP contribution in [0.4, 0.5) is 4.79 Å². The Hall–Kier alpha value is -3.35. The smallest absolute Gasteiger partial charge is 0.407 e. The fourth-order valence-electron chi connectivity index (χ4n) is 4.64. The van der Waals surface area contributed by atoms with E-state index in [9.17, 15) is 19.5 Å². The van der Waals surface area contributed by atoms with Crippen molar-refractivity contribution in [1.29, 1.82) is 0 Å². The van der Waals surface area contributed by atoms with Crippen molar-refractivity contribution in [3.63, 3.8) is 0 Å². The third kappa shape index (κ3) is 5.24. The topological polar surface area (TPSA) is 105 Å². The summed E-state index contributed by atoms with van der Waals surface area (Å²) in [6.07, 6.45) is 2.36. The van der Waals surface area contributed by atoms with Crippen LogP contribution in [0.2, 0.25) is 0 Å². The van der Waals surface area contributed by atoms with Crippen LogP contribution >= 0.6 is 0 Å². The molecule has 1 unspecified atom stereocenters. The summed E-state index contributed by atoms with van der Waals surface area (Å²) in [7, 11) is 0. The van der Waals surface area contributed by atoms with Crippen molar-refractivity contribution < 1.29 is 24.2 Å². The molecule has 0 heterocycles. The van der Waals surface area contributed by atoms with E-state index in [-0.39, 0.29) is 18.4 Å². The van der Waals surface area contributed by atoms with Gasteiger partial charge in [0.15, 0.2) is 0 Å². The molecule has 2 amide bonds. The zero-order chi connectivity index (χ0) is 24.2. The largest absolute Gasteiger partial charge is 0.480 e. The molecule has 34 heavy (non-hydrogen) atoms. The molecular formula is C27H32N2O5. The molecule has 3 atom stereocenters. The van der Waals surface area contributed by atoms with Crippen molar-refractivity contribution in [2.75, 3.05) is 6.61 Å². The Labute approximate surface area is 199 Å². The number of alkyl carbamates (subject to hydrolysis) is 1. The van der Waals surface area contributed by atoms with Crippen LogP contribution in [0, 0.1) is 11.8 Å². The lowest BCUT2D eigenvalue weighted by molar-refractivity contribution is -0.142. The minimum absolute atomic E-state index is 0.0797. The summed E-state index contributed by atoms with van der Waals surface area (Å²) in [5, 5.41) is 14.8. The lowest BCUT2D eigenvalue weighted by Gasteiger charge is -2.25. The molecule has 7 heteroatoms. The average Bonchev–Trinajstić information content (AvgIpc) is 3.60. The maximum Gasteiger partial charge on any atom is 0.407 e. The van der Waals surface area contributed by atoms with Gasteiger partial charge in [-0.1, -0.05) is 81.6 Å². The second-order valence-electron chi connectivity index (χ2n) is 9.41.